The van der Waals surface area contributed by atoms with Gasteiger partial charge in [-0.2, -0.15) is 0 Å². The number of ether oxygens (including phenoxy) is 2. The Bertz CT molecular complexity index is 796. The van der Waals surface area contributed by atoms with Gasteiger partial charge in [0, 0.05) is 31.2 Å². The normalized spacial score (nSPS) is 23.6. The van der Waals surface area contributed by atoms with Crippen LogP contribution in [0.25, 0.3) is 0 Å². The molecule has 0 radical (unpaired) electrons. The quantitative estimate of drug-likeness (QED) is 0.782. The first-order valence-electron chi connectivity index (χ1n) is 10.1. The Balaban J connectivity index is 0.00000240. The first-order valence-corrected chi connectivity index (χ1v) is 10.1. The van der Waals surface area contributed by atoms with Crippen LogP contribution in [0.1, 0.15) is 34.7 Å². The van der Waals surface area contributed by atoms with Crippen molar-refractivity contribution in [3.05, 3.63) is 65.7 Å². The van der Waals surface area contributed by atoms with Crippen molar-refractivity contribution >= 4 is 18.3 Å². The highest BCUT2D eigenvalue weighted by molar-refractivity contribution is 5.94. The summed E-state index contributed by atoms with van der Waals surface area (Å²) in [5, 5.41) is 0. The molecular formula is C23H29ClN2O3. The van der Waals surface area contributed by atoms with E-state index in [1.54, 1.807) is 0 Å². The van der Waals surface area contributed by atoms with Crippen molar-refractivity contribution in [3.8, 4) is 5.75 Å². The molecule has 2 aromatic carbocycles. The molecule has 2 aromatic rings. The van der Waals surface area contributed by atoms with Crippen molar-refractivity contribution in [1.29, 1.82) is 0 Å². The molecule has 2 N–H and O–H groups in total. The summed E-state index contributed by atoms with van der Waals surface area (Å²) in [6.45, 7) is 3.31. The molecule has 4 rings (SSSR count). The number of nitrogens with two attached hydrogens (primary N) is 1. The predicted molar refractivity (Wildman–Crippen MR) is 116 cm³/mol. The minimum absolute atomic E-state index is 0. The Hall–Kier alpha value is -2.08. The van der Waals surface area contributed by atoms with Crippen LogP contribution in [-0.4, -0.2) is 49.8 Å². The molecule has 1 unspecified atom stereocenters. The van der Waals surface area contributed by atoms with Gasteiger partial charge in [0.15, 0.2) is 0 Å². The third kappa shape index (κ3) is 5.10. The maximum atomic E-state index is 13.1. The Morgan fingerprint density at radius 3 is 2.69 bits per heavy atom. The highest BCUT2D eigenvalue weighted by Gasteiger charge is 2.35. The minimum Gasteiger partial charge on any atom is -0.491 e. The van der Waals surface area contributed by atoms with Crippen LogP contribution < -0.4 is 10.5 Å². The first-order chi connectivity index (χ1) is 13.7. The zero-order valence-corrected chi connectivity index (χ0v) is 17.4. The van der Waals surface area contributed by atoms with Gasteiger partial charge in [0.05, 0.1) is 6.10 Å². The summed E-state index contributed by atoms with van der Waals surface area (Å²) in [5.41, 5.74) is 7.93. The zero-order valence-electron chi connectivity index (χ0n) is 16.5. The Morgan fingerprint density at radius 1 is 1.14 bits per heavy atom. The molecule has 6 heteroatoms. The third-order valence-electron chi connectivity index (χ3n) is 5.80. The van der Waals surface area contributed by atoms with E-state index in [0.717, 1.165) is 25.2 Å². The monoisotopic (exact) mass is 416 g/mol. The molecule has 0 spiro atoms. The maximum Gasteiger partial charge on any atom is 0.254 e. The number of likely N-dealkylation sites (tertiary alicyclic amines) is 1. The molecule has 1 amide bonds. The molecule has 2 saturated heterocycles. The van der Waals surface area contributed by atoms with E-state index in [1.807, 2.05) is 47.4 Å². The van der Waals surface area contributed by atoms with E-state index in [9.17, 15) is 4.79 Å². The van der Waals surface area contributed by atoms with Gasteiger partial charge >= 0.3 is 0 Å². The second kappa shape index (κ2) is 10.1. The standard InChI is InChI=1S/C23H28N2O3.ClH/c24-13-19-14-25(15-22(19)17-6-2-1-3-7-17)23(26)18-8-4-9-20(12-18)28-16-21-10-5-11-27-21;/h1-4,6-9,12,19,21-22H,5,10-11,13-16,24H2;1H/t19-,21?,22+;/m1./s1. The lowest BCUT2D eigenvalue weighted by molar-refractivity contribution is 0.0678. The molecule has 29 heavy (non-hydrogen) atoms. The molecular weight excluding hydrogens is 388 g/mol. The number of halogens is 1. The molecule has 0 bridgehead atoms. The number of carbonyl (C=O) groups excluding carboxylic acids is 1. The van der Waals surface area contributed by atoms with Crippen molar-refractivity contribution in [2.24, 2.45) is 11.7 Å². The molecule has 0 aromatic heterocycles. The molecule has 2 aliphatic rings. The molecule has 2 fully saturated rings. The van der Waals surface area contributed by atoms with E-state index in [2.05, 4.69) is 12.1 Å². The molecule has 3 atom stereocenters. The second-order valence-corrected chi connectivity index (χ2v) is 7.70. The smallest absolute Gasteiger partial charge is 0.254 e. The number of rotatable bonds is 6. The minimum atomic E-state index is 0. The van der Waals surface area contributed by atoms with Gasteiger partial charge in [-0.05, 0) is 49.1 Å². The van der Waals surface area contributed by atoms with Crippen molar-refractivity contribution in [3.63, 3.8) is 0 Å². The average Bonchev–Trinajstić information content (AvgIpc) is 3.42. The van der Waals surface area contributed by atoms with Gasteiger partial charge in [-0.15, -0.1) is 12.4 Å². The van der Waals surface area contributed by atoms with Crippen LogP contribution in [0.5, 0.6) is 5.75 Å². The van der Waals surface area contributed by atoms with Gasteiger partial charge in [0.1, 0.15) is 12.4 Å². The summed E-state index contributed by atoms with van der Waals surface area (Å²) >= 11 is 0. The van der Waals surface area contributed by atoms with Crippen molar-refractivity contribution in [1.82, 2.24) is 4.90 Å². The van der Waals surface area contributed by atoms with E-state index in [1.165, 1.54) is 5.56 Å². The van der Waals surface area contributed by atoms with Gasteiger partial charge in [-0.1, -0.05) is 36.4 Å². The number of carbonyl (C=O) groups is 1. The number of nitrogens with zero attached hydrogens (tertiary/aromatic N) is 1. The molecule has 2 heterocycles. The van der Waals surface area contributed by atoms with Crippen molar-refractivity contribution < 1.29 is 14.3 Å². The Morgan fingerprint density at radius 2 is 1.97 bits per heavy atom. The van der Waals surface area contributed by atoms with Crippen LogP contribution in [-0.2, 0) is 4.74 Å². The molecule has 5 nitrogen and oxygen atoms in total. The van der Waals surface area contributed by atoms with Gasteiger partial charge in [-0.3, -0.25) is 4.79 Å². The van der Waals surface area contributed by atoms with Gasteiger partial charge in [0.25, 0.3) is 5.91 Å². The summed E-state index contributed by atoms with van der Waals surface area (Å²) in [6, 6.07) is 17.8. The van der Waals surface area contributed by atoms with Gasteiger partial charge in [-0.25, -0.2) is 0 Å². The number of amides is 1. The van der Waals surface area contributed by atoms with Crippen molar-refractivity contribution in [2.45, 2.75) is 24.9 Å². The van der Waals surface area contributed by atoms with E-state index < -0.39 is 0 Å². The average molecular weight is 417 g/mol. The maximum absolute atomic E-state index is 13.1. The van der Waals surface area contributed by atoms with E-state index in [-0.39, 0.29) is 36.3 Å². The van der Waals surface area contributed by atoms with Crippen LogP contribution >= 0.6 is 12.4 Å². The largest absolute Gasteiger partial charge is 0.491 e. The van der Waals surface area contributed by atoms with Gasteiger partial charge in [0.2, 0.25) is 0 Å². The van der Waals surface area contributed by atoms with E-state index in [0.29, 0.717) is 31.8 Å². The fraction of sp³-hybridized carbons (Fsp3) is 0.435. The fourth-order valence-electron chi connectivity index (χ4n) is 4.22. The lowest BCUT2D eigenvalue weighted by atomic mass is 9.89. The molecule has 156 valence electrons. The number of benzene rings is 2. The Labute approximate surface area is 178 Å². The summed E-state index contributed by atoms with van der Waals surface area (Å²) < 4.78 is 11.5. The van der Waals surface area contributed by atoms with Crippen LogP contribution in [0.2, 0.25) is 0 Å². The van der Waals surface area contributed by atoms with E-state index in [4.69, 9.17) is 15.2 Å². The summed E-state index contributed by atoms with van der Waals surface area (Å²) in [7, 11) is 0. The summed E-state index contributed by atoms with van der Waals surface area (Å²) in [5.74, 6) is 1.33. The molecule has 2 aliphatic heterocycles. The predicted octanol–water partition coefficient (Wildman–Crippen LogP) is 3.48. The highest BCUT2D eigenvalue weighted by atomic mass is 35.5. The van der Waals surface area contributed by atoms with Crippen LogP contribution in [0, 0.1) is 5.92 Å². The molecule has 0 aliphatic carbocycles. The second-order valence-electron chi connectivity index (χ2n) is 7.70. The lowest BCUT2D eigenvalue weighted by Crippen LogP contribution is -2.29. The highest BCUT2D eigenvalue weighted by Crippen LogP contribution is 2.33. The van der Waals surface area contributed by atoms with Crippen LogP contribution in [0.15, 0.2) is 54.6 Å². The van der Waals surface area contributed by atoms with E-state index >= 15 is 0 Å². The fourth-order valence-corrected chi connectivity index (χ4v) is 4.22. The van der Waals surface area contributed by atoms with Gasteiger partial charge < -0.3 is 20.1 Å². The summed E-state index contributed by atoms with van der Waals surface area (Å²) in [6.07, 6.45) is 2.29. The summed E-state index contributed by atoms with van der Waals surface area (Å²) in [4.78, 5) is 15.0. The number of hydrogen-bond donors (Lipinski definition) is 1. The number of hydrogen-bond acceptors (Lipinski definition) is 4. The zero-order chi connectivity index (χ0) is 19.3. The topological polar surface area (TPSA) is 64.8 Å². The Kier molecular flexibility index (Phi) is 7.53. The molecule has 0 saturated carbocycles. The lowest BCUT2D eigenvalue weighted by Gasteiger charge is -2.18. The third-order valence-corrected chi connectivity index (χ3v) is 5.80. The first kappa shape index (κ1) is 21.6. The van der Waals surface area contributed by atoms with Crippen molar-refractivity contribution in [2.75, 3.05) is 32.8 Å². The van der Waals surface area contributed by atoms with Crippen LogP contribution in [0.3, 0.4) is 0 Å². The SMILES string of the molecule is Cl.NC[C@@H]1CN(C(=O)c2cccc(OCC3CCCO3)c2)C[C@H]1c1ccccc1. The van der Waals surface area contributed by atoms with Crippen LogP contribution in [0.4, 0.5) is 0 Å².